The van der Waals surface area contributed by atoms with Gasteiger partial charge in [-0.1, -0.05) is 43.3 Å². The van der Waals surface area contributed by atoms with Crippen LogP contribution in [0.3, 0.4) is 0 Å². The summed E-state index contributed by atoms with van der Waals surface area (Å²) in [7, 11) is 0. The number of rotatable bonds is 6. The van der Waals surface area contributed by atoms with E-state index in [0.717, 1.165) is 33.5 Å². The van der Waals surface area contributed by atoms with Crippen molar-refractivity contribution < 1.29 is 14.3 Å². The van der Waals surface area contributed by atoms with Crippen LogP contribution >= 0.6 is 0 Å². The topological polar surface area (TPSA) is 84.1 Å². The average molecular weight is 428 g/mol. The van der Waals surface area contributed by atoms with E-state index in [2.05, 4.69) is 15.3 Å². The van der Waals surface area contributed by atoms with Gasteiger partial charge in [0.05, 0.1) is 16.6 Å². The second kappa shape index (κ2) is 9.06. The highest BCUT2D eigenvalue weighted by Gasteiger charge is 2.22. The fourth-order valence-electron chi connectivity index (χ4n) is 3.43. The monoisotopic (exact) mass is 427 g/mol. The number of aryl methyl sites for hydroxylation is 2. The minimum absolute atomic E-state index is 0.349. The standard InChI is InChI=1S/C26H25N3O3/c1-4-23(25(30)27-20-12-10-16(2)17(3)14-20)32-26(31)19-11-13-21-22(15-19)29-24(28-21)18-8-6-5-7-9-18/h5-15,23H,4H2,1-3H3,(H,27,30)(H,28,29). The molecule has 0 bridgehead atoms. The molecule has 0 aliphatic rings. The zero-order valence-corrected chi connectivity index (χ0v) is 18.3. The Bertz CT molecular complexity index is 1280. The molecule has 3 aromatic carbocycles. The third-order valence-electron chi connectivity index (χ3n) is 5.45. The van der Waals surface area contributed by atoms with Crippen LogP contribution in [0.1, 0.15) is 34.8 Å². The normalized spacial score (nSPS) is 11.8. The van der Waals surface area contributed by atoms with Crippen molar-refractivity contribution in [1.82, 2.24) is 9.97 Å². The quantitative estimate of drug-likeness (QED) is 0.402. The molecule has 0 aliphatic carbocycles. The molecule has 0 radical (unpaired) electrons. The van der Waals surface area contributed by atoms with Crippen molar-refractivity contribution in [3.05, 3.63) is 83.4 Å². The summed E-state index contributed by atoms with van der Waals surface area (Å²) in [4.78, 5) is 33.2. The molecular formula is C26H25N3O3. The van der Waals surface area contributed by atoms with Gasteiger partial charge < -0.3 is 15.0 Å². The van der Waals surface area contributed by atoms with Crippen molar-refractivity contribution in [1.29, 1.82) is 0 Å². The Kier molecular flexibility index (Phi) is 6.03. The van der Waals surface area contributed by atoms with Gasteiger partial charge in [0.15, 0.2) is 6.10 Å². The van der Waals surface area contributed by atoms with Gasteiger partial charge in [-0.15, -0.1) is 0 Å². The number of carbonyl (C=O) groups is 2. The molecule has 32 heavy (non-hydrogen) atoms. The fourth-order valence-corrected chi connectivity index (χ4v) is 3.43. The number of imidazole rings is 1. The van der Waals surface area contributed by atoms with Gasteiger partial charge in [-0.3, -0.25) is 4.79 Å². The number of esters is 1. The Labute approximate surface area is 186 Å². The number of carbonyl (C=O) groups excluding carboxylic acids is 2. The van der Waals surface area contributed by atoms with Crippen LogP contribution in [0.25, 0.3) is 22.4 Å². The van der Waals surface area contributed by atoms with Gasteiger partial charge in [-0.05, 0) is 61.7 Å². The van der Waals surface area contributed by atoms with E-state index in [1.165, 1.54) is 0 Å². The highest BCUT2D eigenvalue weighted by Crippen LogP contribution is 2.22. The molecule has 0 spiro atoms. The van der Waals surface area contributed by atoms with Crippen LogP contribution in [0.2, 0.25) is 0 Å². The van der Waals surface area contributed by atoms with Crippen LogP contribution in [0.15, 0.2) is 66.7 Å². The average Bonchev–Trinajstić information content (AvgIpc) is 3.23. The Morgan fingerprint density at radius 1 is 1.00 bits per heavy atom. The van der Waals surface area contributed by atoms with Gasteiger partial charge in [-0.2, -0.15) is 0 Å². The Hall–Kier alpha value is -3.93. The van der Waals surface area contributed by atoms with E-state index >= 15 is 0 Å². The number of nitrogens with zero attached hydrogens (tertiary/aromatic N) is 1. The first-order valence-electron chi connectivity index (χ1n) is 10.6. The molecule has 0 aliphatic heterocycles. The number of fused-ring (bicyclic) bond motifs is 1. The number of hydrogen-bond acceptors (Lipinski definition) is 4. The minimum Gasteiger partial charge on any atom is -0.449 e. The number of benzene rings is 3. The summed E-state index contributed by atoms with van der Waals surface area (Å²) in [5.41, 5.74) is 5.70. The lowest BCUT2D eigenvalue weighted by molar-refractivity contribution is -0.124. The van der Waals surface area contributed by atoms with Crippen molar-refractivity contribution in [3.63, 3.8) is 0 Å². The maximum absolute atomic E-state index is 12.8. The molecular weight excluding hydrogens is 402 g/mol. The molecule has 6 heteroatoms. The lowest BCUT2D eigenvalue weighted by atomic mass is 10.1. The molecule has 6 nitrogen and oxygen atoms in total. The molecule has 4 aromatic rings. The molecule has 162 valence electrons. The summed E-state index contributed by atoms with van der Waals surface area (Å²) < 4.78 is 5.53. The lowest BCUT2D eigenvalue weighted by Crippen LogP contribution is -2.32. The third-order valence-corrected chi connectivity index (χ3v) is 5.45. The molecule has 0 saturated carbocycles. The van der Waals surface area contributed by atoms with E-state index in [1.54, 1.807) is 18.2 Å². The number of ether oxygens (including phenoxy) is 1. The van der Waals surface area contributed by atoms with Gasteiger partial charge >= 0.3 is 5.97 Å². The van der Waals surface area contributed by atoms with Crippen LogP contribution in [-0.2, 0) is 9.53 Å². The summed E-state index contributed by atoms with van der Waals surface area (Å²) >= 11 is 0. The van der Waals surface area contributed by atoms with E-state index in [0.29, 0.717) is 17.7 Å². The van der Waals surface area contributed by atoms with Crippen LogP contribution in [0.5, 0.6) is 0 Å². The number of nitrogens with one attached hydrogen (secondary N) is 2. The molecule has 4 rings (SSSR count). The van der Waals surface area contributed by atoms with E-state index in [1.807, 2.05) is 69.3 Å². The number of H-pyrrole nitrogens is 1. The summed E-state index contributed by atoms with van der Waals surface area (Å²) in [5, 5.41) is 2.84. The zero-order chi connectivity index (χ0) is 22.7. The summed E-state index contributed by atoms with van der Waals surface area (Å²) in [6, 6.07) is 20.6. The fraction of sp³-hybridized carbons (Fsp3) is 0.192. The second-order valence-corrected chi connectivity index (χ2v) is 7.77. The maximum Gasteiger partial charge on any atom is 0.338 e. The highest BCUT2D eigenvalue weighted by atomic mass is 16.5. The van der Waals surface area contributed by atoms with E-state index in [-0.39, 0.29) is 5.91 Å². The predicted octanol–water partition coefficient (Wildman–Crippen LogP) is 5.42. The van der Waals surface area contributed by atoms with Gasteiger partial charge in [-0.25, -0.2) is 9.78 Å². The summed E-state index contributed by atoms with van der Waals surface area (Å²) in [5.74, 6) is -0.173. The number of aromatic amines is 1. The summed E-state index contributed by atoms with van der Waals surface area (Å²) in [6.07, 6.45) is -0.520. The molecule has 1 amide bonds. The van der Waals surface area contributed by atoms with Crippen molar-refractivity contribution in [2.45, 2.75) is 33.3 Å². The highest BCUT2D eigenvalue weighted by molar-refractivity contribution is 5.99. The van der Waals surface area contributed by atoms with Crippen molar-refractivity contribution in [2.24, 2.45) is 0 Å². The molecule has 1 heterocycles. The predicted molar refractivity (Wildman–Crippen MR) is 126 cm³/mol. The first-order chi connectivity index (χ1) is 15.4. The molecule has 1 aromatic heterocycles. The van der Waals surface area contributed by atoms with Gasteiger partial charge in [0.2, 0.25) is 0 Å². The SMILES string of the molecule is CCC(OC(=O)c1ccc2nc(-c3ccccc3)[nH]c2c1)C(=O)Nc1ccc(C)c(C)c1. The first kappa shape index (κ1) is 21.3. The van der Waals surface area contributed by atoms with Gasteiger partial charge in [0, 0.05) is 11.3 Å². The van der Waals surface area contributed by atoms with Crippen molar-refractivity contribution >= 4 is 28.6 Å². The zero-order valence-electron chi connectivity index (χ0n) is 18.3. The second-order valence-electron chi connectivity index (χ2n) is 7.77. The number of aromatic nitrogens is 2. The van der Waals surface area contributed by atoms with E-state index < -0.39 is 12.1 Å². The molecule has 0 fully saturated rings. The lowest BCUT2D eigenvalue weighted by Gasteiger charge is -2.16. The molecule has 1 unspecified atom stereocenters. The maximum atomic E-state index is 12.8. The Morgan fingerprint density at radius 2 is 1.78 bits per heavy atom. The van der Waals surface area contributed by atoms with Gasteiger partial charge in [0.1, 0.15) is 5.82 Å². The van der Waals surface area contributed by atoms with Crippen LogP contribution < -0.4 is 5.32 Å². The third kappa shape index (κ3) is 4.54. The Morgan fingerprint density at radius 3 is 2.50 bits per heavy atom. The van der Waals surface area contributed by atoms with Gasteiger partial charge in [0.25, 0.3) is 5.91 Å². The Balaban J connectivity index is 1.48. The van der Waals surface area contributed by atoms with Crippen molar-refractivity contribution in [2.75, 3.05) is 5.32 Å². The van der Waals surface area contributed by atoms with Crippen LogP contribution in [0.4, 0.5) is 5.69 Å². The number of anilines is 1. The van der Waals surface area contributed by atoms with Crippen molar-refractivity contribution in [3.8, 4) is 11.4 Å². The summed E-state index contributed by atoms with van der Waals surface area (Å²) in [6.45, 7) is 5.80. The smallest absolute Gasteiger partial charge is 0.338 e. The largest absolute Gasteiger partial charge is 0.449 e. The minimum atomic E-state index is -0.888. The van der Waals surface area contributed by atoms with Crippen LogP contribution in [0, 0.1) is 13.8 Å². The number of amides is 1. The first-order valence-corrected chi connectivity index (χ1v) is 10.6. The van der Waals surface area contributed by atoms with Crippen LogP contribution in [-0.4, -0.2) is 27.9 Å². The molecule has 2 N–H and O–H groups in total. The molecule has 0 saturated heterocycles. The molecule has 1 atom stereocenters. The van der Waals surface area contributed by atoms with E-state index in [9.17, 15) is 9.59 Å². The number of hydrogen-bond donors (Lipinski definition) is 2. The van der Waals surface area contributed by atoms with E-state index in [4.69, 9.17) is 4.74 Å².